The summed E-state index contributed by atoms with van der Waals surface area (Å²) in [6.07, 6.45) is 2.73. The van der Waals surface area contributed by atoms with Crippen molar-refractivity contribution in [2.45, 2.75) is 38.4 Å². The molecule has 1 aromatic carbocycles. The summed E-state index contributed by atoms with van der Waals surface area (Å²) >= 11 is 0. The third-order valence-corrected chi connectivity index (χ3v) is 5.84. The largest absolute Gasteiger partial charge is 0.493 e. The number of imide groups is 1. The van der Waals surface area contributed by atoms with Gasteiger partial charge in [0, 0.05) is 32.1 Å². The minimum absolute atomic E-state index is 0.140. The maximum Gasteiger partial charge on any atom is 0.327 e. The van der Waals surface area contributed by atoms with Gasteiger partial charge in [0.1, 0.15) is 6.04 Å². The van der Waals surface area contributed by atoms with Gasteiger partial charge < -0.3 is 19.7 Å². The molecule has 32 heavy (non-hydrogen) atoms. The first kappa shape index (κ1) is 21.6. The number of carbonyl (C=O) groups excluding carboxylic acids is 3. The summed E-state index contributed by atoms with van der Waals surface area (Å²) in [5.41, 5.74) is 2.69. The summed E-state index contributed by atoms with van der Waals surface area (Å²) in [5, 5.41) is 2.81. The number of amides is 4. The van der Waals surface area contributed by atoms with Crippen LogP contribution in [-0.2, 0) is 29.1 Å². The Morgan fingerprint density at radius 1 is 1.16 bits per heavy atom. The number of rotatable bonds is 8. The molecule has 2 aliphatic rings. The van der Waals surface area contributed by atoms with Gasteiger partial charge in [-0.2, -0.15) is 0 Å². The molecule has 168 valence electrons. The van der Waals surface area contributed by atoms with Crippen LogP contribution in [0.3, 0.4) is 0 Å². The van der Waals surface area contributed by atoms with Crippen LogP contribution in [0, 0.1) is 0 Å². The van der Waals surface area contributed by atoms with Gasteiger partial charge in [-0.3, -0.25) is 19.5 Å². The number of fused-ring (bicyclic) bond motifs is 2. The van der Waals surface area contributed by atoms with Gasteiger partial charge in [0.15, 0.2) is 11.5 Å². The fraction of sp³-hybridized carbons (Fsp3) is 0.391. The van der Waals surface area contributed by atoms with E-state index in [1.807, 2.05) is 30.3 Å². The topological polar surface area (TPSA) is 101 Å². The Hall–Kier alpha value is -3.62. The van der Waals surface area contributed by atoms with Crippen LogP contribution in [0.25, 0.3) is 0 Å². The molecule has 1 aromatic heterocycles. The maximum atomic E-state index is 12.9. The molecule has 3 heterocycles. The van der Waals surface area contributed by atoms with E-state index in [-0.39, 0.29) is 30.8 Å². The Balaban J connectivity index is 1.34. The van der Waals surface area contributed by atoms with Crippen LogP contribution in [0.1, 0.15) is 29.7 Å². The van der Waals surface area contributed by atoms with Crippen molar-refractivity contribution in [3.8, 4) is 11.5 Å². The van der Waals surface area contributed by atoms with Crippen molar-refractivity contribution in [3.05, 3.63) is 53.3 Å². The number of carbonyl (C=O) groups is 3. The lowest BCUT2D eigenvalue weighted by atomic mass is 9.94. The standard InChI is InChI=1S/C23H26N4O5/c1-31-19-11-15-10-18-22(29)26(23(30)27(18)14-16(15)12-20(19)32-2)9-5-7-21(28)25-13-17-6-3-4-8-24-17/h3-4,6,8,11-12,18H,5,7,9-10,13-14H2,1-2H3,(H,25,28). The highest BCUT2D eigenvalue weighted by molar-refractivity contribution is 6.04. The minimum atomic E-state index is -0.522. The summed E-state index contributed by atoms with van der Waals surface area (Å²) in [5.74, 6) is 0.838. The fourth-order valence-electron chi connectivity index (χ4n) is 4.15. The molecule has 1 fully saturated rings. The van der Waals surface area contributed by atoms with Crippen molar-refractivity contribution in [2.75, 3.05) is 20.8 Å². The van der Waals surface area contributed by atoms with E-state index in [9.17, 15) is 14.4 Å². The van der Waals surface area contributed by atoms with E-state index in [2.05, 4.69) is 10.3 Å². The number of nitrogens with one attached hydrogen (secondary N) is 1. The predicted molar refractivity (Wildman–Crippen MR) is 115 cm³/mol. The highest BCUT2D eigenvalue weighted by Gasteiger charge is 2.47. The molecule has 9 heteroatoms. The molecule has 1 unspecified atom stereocenters. The normalized spacial score (nSPS) is 17.1. The number of urea groups is 1. The Bertz CT molecular complexity index is 976. The molecular formula is C23H26N4O5. The molecular weight excluding hydrogens is 412 g/mol. The highest BCUT2D eigenvalue weighted by Crippen LogP contribution is 2.37. The molecule has 2 aliphatic heterocycles. The molecule has 0 bridgehead atoms. The van der Waals surface area contributed by atoms with Gasteiger partial charge in [0.2, 0.25) is 5.91 Å². The van der Waals surface area contributed by atoms with Crippen molar-refractivity contribution >= 4 is 17.8 Å². The first-order valence-corrected chi connectivity index (χ1v) is 10.5. The molecule has 4 amide bonds. The lowest BCUT2D eigenvalue weighted by Crippen LogP contribution is -2.40. The molecule has 0 saturated carbocycles. The summed E-state index contributed by atoms with van der Waals surface area (Å²) in [4.78, 5) is 44.9. The Morgan fingerprint density at radius 3 is 2.59 bits per heavy atom. The van der Waals surface area contributed by atoms with Crippen molar-refractivity contribution in [1.29, 1.82) is 0 Å². The summed E-state index contributed by atoms with van der Waals surface area (Å²) in [7, 11) is 3.13. The second-order valence-electron chi connectivity index (χ2n) is 7.80. The van der Waals surface area contributed by atoms with E-state index in [4.69, 9.17) is 9.47 Å². The number of pyridine rings is 1. The molecule has 0 aliphatic carbocycles. The number of nitrogens with zero attached hydrogens (tertiary/aromatic N) is 3. The zero-order chi connectivity index (χ0) is 22.7. The fourth-order valence-corrected chi connectivity index (χ4v) is 4.15. The number of methoxy groups -OCH3 is 2. The van der Waals surface area contributed by atoms with Crippen molar-refractivity contribution in [2.24, 2.45) is 0 Å². The molecule has 1 saturated heterocycles. The second-order valence-corrected chi connectivity index (χ2v) is 7.80. The summed E-state index contributed by atoms with van der Waals surface area (Å²) < 4.78 is 10.7. The molecule has 4 rings (SSSR count). The average molecular weight is 438 g/mol. The van der Waals surface area contributed by atoms with Crippen molar-refractivity contribution < 1.29 is 23.9 Å². The number of hydrogen-bond donors (Lipinski definition) is 1. The molecule has 2 aromatic rings. The third kappa shape index (κ3) is 4.23. The van der Waals surface area contributed by atoms with Crippen LogP contribution in [0.15, 0.2) is 36.5 Å². The number of ether oxygens (including phenoxy) is 2. The van der Waals surface area contributed by atoms with Crippen LogP contribution in [0.4, 0.5) is 4.79 Å². The van der Waals surface area contributed by atoms with E-state index in [1.54, 1.807) is 25.3 Å². The molecule has 9 nitrogen and oxygen atoms in total. The first-order chi connectivity index (χ1) is 15.5. The summed E-state index contributed by atoms with van der Waals surface area (Å²) in [6.45, 7) is 0.902. The second kappa shape index (κ2) is 9.25. The van der Waals surface area contributed by atoms with E-state index in [1.165, 1.54) is 4.90 Å². The Kier molecular flexibility index (Phi) is 6.25. The molecule has 1 N–H and O–H groups in total. The van der Waals surface area contributed by atoms with Crippen LogP contribution in [0.5, 0.6) is 11.5 Å². The van der Waals surface area contributed by atoms with Gasteiger partial charge in [-0.15, -0.1) is 0 Å². The lowest BCUT2D eigenvalue weighted by molar-refractivity contribution is -0.129. The smallest absolute Gasteiger partial charge is 0.327 e. The molecule has 0 radical (unpaired) electrons. The van der Waals surface area contributed by atoms with Crippen LogP contribution >= 0.6 is 0 Å². The van der Waals surface area contributed by atoms with Crippen molar-refractivity contribution in [1.82, 2.24) is 20.1 Å². The van der Waals surface area contributed by atoms with Gasteiger partial charge in [0.25, 0.3) is 5.91 Å². The quantitative estimate of drug-likeness (QED) is 0.632. The van der Waals surface area contributed by atoms with E-state index < -0.39 is 6.04 Å². The van der Waals surface area contributed by atoms with Gasteiger partial charge in [0.05, 0.1) is 26.5 Å². The van der Waals surface area contributed by atoms with Gasteiger partial charge in [-0.05, 0) is 41.8 Å². The van der Waals surface area contributed by atoms with E-state index >= 15 is 0 Å². The van der Waals surface area contributed by atoms with Crippen LogP contribution in [0.2, 0.25) is 0 Å². The third-order valence-electron chi connectivity index (χ3n) is 5.84. The Morgan fingerprint density at radius 2 is 1.91 bits per heavy atom. The number of aromatic nitrogens is 1. The van der Waals surface area contributed by atoms with Crippen LogP contribution in [-0.4, -0.2) is 59.4 Å². The van der Waals surface area contributed by atoms with Crippen LogP contribution < -0.4 is 14.8 Å². The molecule has 1 atom stereocenters. The number of hydrogen-bond acceptors (Lipinski definition) is 6. The van der Waals surface area contributed by atoms with Gasteiger partial charge >= 0.3 is 6.03 Å². The zero-order valence-corrected chi connectivity index (χ0v) is 18.2. The molecule has 0 spiro atoms. The SMILES string of the molecule is COc1cc2c(cc1OC)CN1C(=O)N(CCCC(=O)NCc3ccccn3)C(=O)C1C2. The first-order valence-electron chi connectivity index (χ1n) is 10.5. The summed E-state index contributed by atoms with van der Waals surface area (Å²) in [6, 6.07) is 8.41. The number of benzene rings is 1. The predicted octanol–water partition coefficient (Wildman–Crippen LogP) is 1.88. The van der Waals surface area contributed by atoms with Gasteiger partial charge in [-0.1, -0.05) is 6.07 Å². The van der Waals surface area contributed by atoms with E-state index in [0.717, 1.165) is 16.8 Å². The Labute approximate surface area is 186 Å². The minimum Gasteiger partial charge on any atom is -0.493 e. The van der Waals surface area contributed by atoms with Gasteiger partial charge in [-0.25, -0.2) is 4.79 Å². The zero-order valence-electron chi connectivity index (χ0n) is 18.2. The highest BCUT2D eigenvalue weighted by atomic mass is 16.5. The lowest BCUT2D eigenvalue weighted by Gasteiger charge is -2.29. The maximum absolute atomic E-state index is 12.9. The van der Waals surface area contributed by atoms with E-state index in [0.29, 0.717) is 37.4 Å². The monoisotopic (exact) mass is 438 g/mol. The average Bonchev–Trinajstić information content (AvgIpc) is 3.05. The van der Waals surface area contributed by atoms with Crippen molar-refractivity contribution in [3.63, 3.8) is 0 Å².